The number of H-pyrrole nitrogens is 1. The Hall–Kier alpha value is -1.98. The molecule has 5 heteroatoms. The summed E-state index contributed by atoms with van der Waals surface area (Å²) in [5.74, 6) is 0. The smallest absolute Gasteiger partial charge is 0.139 e. The summed E-state index contributed by atoms with van der Waals surface area (Å²) in [6.45, 7) is 0. The quantitative estimate of drug-likeness (QED) is 0.413. The fourth-order valence-corrected chi connectivity index (χ4v) is 4.05. The first kappa shape index (κ1) is 11.7. The van der Waals surface area contributed by atoms with E-state index in [4.69, 9.17) is 4.98 Å². The van der Waals surface area contributed by atoms with Gasteiger partial charge in [-0.3, -0.25) is 0 Å². The summed E-state index contributed by atoms with van der Waals surface area (Å²) in [7, 11) is 0. The van der Waals surface area contributed by atoms with Crippen molar-refractivity contribution in [1.82, 2.24) is 15.0 Å². The van der Waals surface area contributed by atoms with Crippen LogP contribution in [0.4, 0.5) is 0 Å². The van der Waals surface area contributed by atoms with Gasteiger partial charge in [0.2, 0.25) is 0 Å². The molecule has 0 fully saturated rings. The van der Waals surface area contributed by atoms with Gasteiger partial charge in [0.05, 0.1) is 21.2 Å². The van der Waals surface area contributed by atoms with Crippen LogP contribution in [0.2, 0.25) is 0 Å². The minimum Gasteiger partial charge on any atom is -0.339 e. The van der Waals surface area contributed by atoms with Crippen molar-refractivity contribution in [3.05, 3.63) is 46.4 Å². The summed E-state index contributed by atoms with van der Waals surface area (Å²) in [5.41, 5.74) is 5.97. The summed E-state index contributed by atoms with van der Waals surface area (Å²) < 4.78 is 2.26. The Balaban J connectivity index is 2.05. The number of nitrogens with zero attached hydrogens (tertiary/aromatic N) is 2. The van der Waals surface area contributed by atoms with Gasteiger partial charge in [-0.2, -0.15) is 0 Å². The Bertz CT molecular complexity index is 1160. The Morgan fingerprint density at radius 3 is 2.95 bits per heavy atom. The van der Waals surface area contributed by atoms with Gasteiger partial charge in [-0.1, -0.05) is 22.0 Å². The van der Waals surface area contributed by atoms with Crippen LogP contribution in [0.5, 0.6) is 0 Å². The Morgan fingerprint density at radius 2 is 2.00 bits per heavy atom. The van der Waals surface area contributed by atoms with Crippen LogP contribution in [-0.2, 0) is 0 Å². The van der Waals surface area contributed by atoms with E-state index >= 15 is 0 Å². The number of aromatic nitrogens is 3. The summed E-state index contributed by atoms with van der Waals surface area (Å²) in [5, 5.41) is 3.53. The first-order chi connectivity index (χ1) is 10.3. The lowest BCUT2D eigenvalue weighted by Crippen LogP contribution is -1.80. The van der Waals surface area contributed by atoms with Gasteiger partial charge >= 0.3 is 0 Å². The maximum absolute atomic E-state index is 4.77. The largest absolute Gasteiger partial charge is 0.339 e. The summed E-state index contributed by atoms with van der Waals surface area (Å²) in [4.78, 5) is 12.6. The monoisotopic (exact) mass is 353 g/mol. The zero-order valence-electron chi connectivity index (χ0n) is 10.7. The minimum atomic E-state index is 0.927. The topological polar surface area (TPSA) is 41.6 Å². The van der Waals surface area contributed by atoms with Crippen LogP contribution in [0, 0.1) is 0 Å². The maximum atomic E-state index is 4.77. The number of fused-ring (bicyclic) bond motifs is 6. The first-order valence-corrected chi connectivity index (χ1v) is 8.21. The highest BCUT2D eigenvalue weighted by Crippen LogP contribution is 2.35. The molecule has 0 amide bonds. The van der Waals surface area contributed by atoms with Crippen LogP contribution in [0.15, 0.2) is 46.4 Å². The van der Waals surface area contributed by atoms with Gasteiger partial charge in [0, 0.05) is 26.1 Å². The SMILES string of the molecule is Brc1ccc2cc3c(nc2c1)[nH]c1ccc2ncsc2c13. The van der Waals surface area contributed by atoms with E-state index in [9.17, 15) is 0 Å². The number of nitrogens with one attached hydrogen (secondary N) is 1. The molecule has 3 heterocycles. The van der Waals surface area contributed by atoms with E-state index in [0.29, 0.717) is 0 Å². The van der Waals surface area contributed by atoms with Crippen molar-refractivity contribution in [1.29, 1.82) is 0 Å². The number of hydrogen-bond acceptors (Lipinski definition) is 3. The van der Waals surface area contributed by atoms with E-state index in [1.807, 2.05) is 17.6 Å². The Kier molecular flexibility index (Phi) is 2.23. The molecule has 0 aliphatic rings. The third-order valence-corrected chi connectivity index (χ3v) is 5.15. The van der Waals surface area contributed by atoms with Crippen molar-refractivity contribution in [3.8, 4) is 0 Å². The molecule has 0 saturated carbocycles. The summed E-state index contributed by atoms with van der Waals surface area (Å²) in [6.07, 6.45) is 0. The van der Waals surface area contributed by atoms with Crippen LogP contribution in [0.3, 0.4) is 0 Å². The molecule has 3 nitrogen and oxygen atoms in total. The molecule has 0 saturated heterocycles. The fraction of sp³-hybridized carbons (Fsp3) is 0. The molecular formula is C16H8BrN3S. The second-order valence-corrected chi connectivity index (χ2v) is 6.81. The van der Waals surface area contributed by atoms with Crippen LogP contribution in [0.25, 0.3) is 43.1 Å². The normalized spacial score (nSPS) is 12.0. The second-order valence-electron chi connectivity index (χ2n) is 5.04. The van der Waals surface area contributed by atoms with Crippen molar-refractivity contribution in [2.24, 2.45) is 0 Å². The van der Waals surface area contributed by atoms with Gasteiger partial charge in [-0.05, 0) is 30.3 Å². The number of hydrogen-bond donors (Lipinski definition) is 1. The number of halogens is 1. The molecule has 0 spiro atoms. The average Bonchev–Trinajstić information content (AvgIpc) is 3.07. The lowest BCUT2D eigenvalue weighted by Gasteiger charge is -1.99. The molecule has 0 unspecified atom stereocenters. The molecule has 21 heavy (non-hydrogen) atoms. The summed E-state index contributed by atoms with van der Waals surface area (Å²) in [6, 6.07) is 12.5. The van der Waals surface area contributed by atoms with Gasteiger partial charge in [-0.25, -0.2) is 9.97 Å². The number of aromatic amines is 1. The van der Waals surface area contributed by atoms with Gasteiger partial charge < -0.3 is 4.98 Å². The standard InChI is InChI=1S/C16H8BrN3S/c17-9-2-1-8-5-10-14-11(19-16(10)20-13(8)6-9)3-4-12-15(14)21-7-18-12/h1-7H,(H,19,20). The van der Waals surface area contributed by atoms with Crippen LogP contribution >= 0.6 is 27.3 Å². The average molecular weight is 354 g/mol. The van der Waals surface area contributed by atoms with E-state index in [-0.39, 0.29) is 0 Å². The highest BCUT2D eigenvalue weighted by molar-refractivity contribution is 9.10. The van der Waals surface area contributed by atoms with E-state index in [1.165, 1.54) is 10.1 Å². The van der Waals surface area contributed by atoms with Crippen molar-refractivity contribution >= 4 is 70.3 Å². The molecule has 0 aliphatic heterocycles. The molecule has 3 aromatic heterocycles. The highest BCUT2D eigenvalue weighted by atomic mass is 79.9. The maximum Gasteiger partial charge on any atom is 0.139 e. The molecule has 2 aromatic carbocycles. The van der Waals surface area contributed by atoms with Crippen molar-refractivity contribution in [3.63, 3.8) is 0 Å². The molecule has 0 bridgehead atoms. The van der Waals surface area contributed by atoms with Crippen molar-refractivity contribution < 1.29 is 0 Å². The molecule has 0 aliphatic carbocycles. The highest BCUT2D eigenvalue weighted by Gasteiger charge is 2.11. The Morgan fingerprint density at radius 1 is 1.05 bits per heavy atom. The van der Waals surface area contributed by atoms with Gasteiger partial charge in [-0.15, -0.1) is 11.3 Å². The van der Waals surface area contributed by atoms with Crippen molar-refractivity contribution in [2.75, 3.05) is 0 Å². The zero-order chi connectivity index (χ0) is 14.0. The van der Waals surface area contributed by atoms with Gasteiger partial charge in [0.1, 0.15) is 5.65 Å². The fourth-order valence-electron chi connectivity index (χ4n) is 2.85. The van der Waals surface area contributed by atoms with Crippen molar-refractivity contribution in [2.45, 2.75) is 0 Å². The molecule has 100 valence electrons. The predicted octanol–water partition coefficient (Wildman–Crippen LogP) is 5.24. The zero-order valence-corrected chi connectivity index (χ0v) is 13.1. The second kappa shape index (κ2) is 4.02. The number of thiazole rings is 1. The minimum absolute atomic E-state index is 0.927. The van der Waals surface area contributed by atoms with E-state index in [2.05, 4.69) is 50.2 Å². The van der Waals surface area contributed by atoms with Gasteiger partial charge in [0.15, 0.2) is 0 Å². The predicted molar refractivity (Wildman–Crippen MR) is 92.0 cm³/mol. The Labute approximate surface area is 131 Å². The summed E-state index contributed by atoms with van der Waals surface area (Å²) >= 11 is 5.18. The molecule has 0 radical (unpaired) electrons. The lowest BCUT2D eigenvalue weighted by molar-refractivity contribution is 1.40. The molecule has 5 aromatic rings. The van der Waals surface area contributed by atoms with Crippen LogP contribution in [0.1, 0.15) is 0 Å². The number of benzene rings is 2. The number of rotatable bonds is 0. The third kappa shape index (κ3) is 1.58. The number of pyridine rings is 1. The van der Waals surface area contributed by atoms with E-state index in [1.54, 1.807) is 11.3 Å². The van der Waals surface area contributed by atoms with E-state index in [0.717, 1.165) is 37.4 Å². The van der Waals surface area contributed by atoms with Crippen LogP contribution < -0.4 is 0 Å². The molecular weight excluding hydrogens is 346 g/mol. The van der Waals surface area contributed by atoms with Gasteiger partial charge in [0.25, 0.3) is 0 Å². The molecule has 5 rings (SSSR count). The first-order valence-electron chi connectivity index (χ1n) is 6.53. The molecule has 1 N–H and O–H groups in total. The lowest BCUT2D eigenvalue weighted by atomic mass is 10.1. The van der Waals surface area contributed by atoms with Crippen LogP contribution in [-0.4, -0.2) is 15.0 Å². The third-order valence-electron chi connectivity index (χ3n) is 3.80. The van der Waals surface area contributed by atoms with E-state index < -0.39 is 0 Å². The molecule has 0 atom stereocenters.